The van der Waals surface area contributed by atoms with Crippen LogP contribution in [0.1, 0.15) is 45.6 Å². The minimum Gasteiger partial charge on any atom is -0.389 e. The number of allylic oxidation sites excluding steroid dienone is 4. The molecule has 1 aromatic rings. The van der Waals surface area contributed by atoms with Crippen LogP contribution in [0.25, 0.3) is 0 Å². The number of carbonyl (C=O) groups is 1. The minimum atomic E-state index is -0.926. The van der Waals surface area contributed by atoms with E-state index in [0.717, 1.165) is 42.5 Å². The molecular weight excluding hydrogens is 396 g/mol. The molecule has 1 unspecified atom stereocenters. The number of rotatable bonds is 13. The number of hydrogen-bond donors (Lipinski definition) is 3. The topological polar surface area (TPSA) is 53.2 Å². The molecular formula is C25H35F2N3O. The number of halogens is 2. The van der Waals surface area contributed by atoms with Crippen LogP contribution in [0.15, 0.2) is 65.9 Å². The molecule has 170 valence electrons. The van der Waals surface area contributed by atoms with E-state index < -0.39 is 11.6 Å². The van der Waals surface area contributed by atoms with Crippen molar-refractivity contribution in [3.05, 3.63) is 83.1 Å². The van der Waals surface area contributed by atoms with Crippen LogP contribution in [0.3, 0.4) is 0 Å². The van der Waals surface area contributed by atoms with Gasteiger partial charge in [0.25, 0.3) is 0 Å². The van der Waals surface area contributed by atoms with Crippen LogP contribution < -0.4 is 16.0 Å². The third-order valence-electron chi connectivity index (χ3n) is 5.35. The average molecular weight is 432 g/mol. The van der Waals surface area contributed by atoms with E-state index in [0.29, 0.717) is 17.7 Å². The maximum Gasteiger partial charge on any atom is 0.248 e. The van der Waals surface area contributed by atoms with Crippen molar-refractivity contribution in [3.63, 3.8) is 0 Å². The van der Waals surface area contributed by atoms with Gasteiger partial charge in [0.2, 0.25) is 5.91 Å². The normalized spacial score (nSPS) is 13.3. The average Bonchev–Trinajstić information content (AvgIpc) is 2.76. The van der Waals surface area contributed by atoms with E-state index >= 15 is 0 Å². The number of hydrogen-bond acceptors (Lipinski definition) is 3. The van der Waals surface area contributed by atoms with Crippen molar-refractivity contribution in [1.82, 2.24) is 16.0 Å². The molecule has 0 aliphatic heterocycles. The first kappa shape index (κ1) is 26.3. The largest absolute Gasteiger partial charge is 0.389 e. The highest BCUT2D eigenvalue weighted by Gasteiger charge is 2.09. The third-order valence-corrected chi connectivity index (χ3v) is 5.35. The van der Waals surface area contributed by atoms with Gasteiger partial charge in [-0.3, -0.25) is 4.79 Å². The third kappa shape index (κ3) is 9.30. The van der Waals surface area contributed by atoms with Crippen LogP contribution in [0, 0.1) is 11.6 Å². The summed E-state index contributed by atoms with van der Waals surface area (Å²) in [5, 5.41) is 9.16. The maximum atomic E-state index is 13.2. The van der Waals surface area contributed by atoms with E-state index in [4.69, 9.17) is 0 Å². The second-order valence-corrected chi connectivity index (χ2v) is 7.66. The summed E-state index contributed by atoms with van der Waals surface area (Å²) in [4.78, 5) is 12.2. The van der Waals surface area contributed by atoms with Crippen molar-refractivity contribution < 1.29 is 13.6 Å². The molecule has 0 aromatic heterocycles. The van der Waals surface area contributed by atoms with Gasteiger partial charge in [0.15, 0.2) is 11.6 Å². The predicted octanol–water partition coefficient (Wildman–Crippen LogP) is 4.91. The zero-order valence-corrected chi connectivity index (χ0v) is 19.1. The Morgan fingerprint density at radius 2 is 1.90 bits per heavy atom. The SMILES string of the molecule is C=C/C(C)=C(\C)C(=C)CCCC(CN/C=C(\C)C(=O)NCc1ccc(F)c(F)c1)NC. The number of carbonyl (C=O) groups excluding carboxylic acids is 1. The first-order valence-electron chi connectivity index (χ1n) is 10.5. The van der Waals surface area contributed by atoms with Crippen molar-refractivity contribution in [2.24, 2.45) is 0 Å². The van der Waals surface area contributed by atoms with Gasteiger partial charge in [0.1, 0.15) is 0 Å². The molecule has 0 bridgehead atoms. The summed E-state index contributed by atoms with van der Waals surface area (Å²) in [6, 6.07) is 3.83. The number of likely N-dealkylation sites (N-methyl/N-ethyl adjacent to an activating group) is 1. The molecule has 31 heavy (non-hydrogen) atoms. The molecule has 0 fully saturated rings. The van der Waals surface area contributed by atoms with E-state index in [2.05, 4.69) is 36.0 Å². The first-order valence-corrected chi connectivity index (χ1v) is 10.5. The standard InChI is InChI=1S/C25H35F2N3O/c1-7-17(2)20(5)18(3)9-8-10-22(28-6)16-29-14-19(4)25(31)30-15-21-11-12-23(26)24(27)13-21/h7,11-14,22,28-29H,1,3,8-10,15-16H2,2,4-6H3,(H,30,31)/b19-14+,20-17+. The Labute approximate surface area is 185 Å². The Morgan fingerprint density at radius 3 is 2.52 bits per heavy atom. The van der Waals surface area contributed by atoms with Crippen LogP contribution in [0.4, 0.5) is 8.78 Å². The van der Waals surface area contributed by atoms with E-state index in [1.807, 2.05) is 20.0 Å². The molecule has 6 heteroatoms. The molecule has 0 radical (unpaired) electrons. The molecule has 1 atom stereocenters. The van der Waals surface area contributed by atoms with Crippen LogP contribution in [-0.4, -0.2) is 25.5 Å². The fraction of sp³-hybridized carbons (Fsp3) is 0.400. The summed E-state index contributed by atoms with van der Waals surface area (Å²) >= 11 is 0. The van der Waals surface area contributed by atoms with E-state index in [1.54, 1.807) is 13.1 Å². The van der Waals surface area contributed by atoms with Crippen LogP contribution in [0.2, 0.25) is 0 Å². The van der Waals surface area contributed by atoms with E-state index in [-0.39, 0.29) is 18.5 Å². The summed E-state index contributed by atoms with van der Waals surface area (Å²) < 4.78 is 26.2. The van der Waals surface area contributed by atoms with Gasteiger partial charge in [-0.05, 0) is 75.9 Å². The number of benzene rings is 1. The quantitative estimate of drug-likeness (QED) is 0.307. The second-order valence-electron chi connectivity index (χ2n) is 7.66. The van der Waals surface area contributed by atoms with Gasteiger partial charge in [0, 0.05) is 30.9 Å². The van der Waals surface area contributed by atoms with Gasteiger partial charge in [0.05, 0.1) is 0 Å². The van der Waals surface area contributed by atoms with Gasteiger partial charge in [-0.25, -0.2) is 8.78 Å². The van der Waals surface area contributed by atoms with Crippen molar-refractivity contribution >= 4 is 5.91 Å². The first-order chi connectivity index (χ1) is 14.7. The molecule has 0 heterocycles. The highest BCUT2D eigenvalue weighted by atomic mass is 19.2. The van der Waals surface area contributed by atoms with E-state index in [9.17, 15) is 13.6 Å². The molecule has 0 aliphatic rings. The summed E-state index contributed by atoms with van der Waals surface area (Å²) in [6.45, 7) is 14.6. The van der Waals surface area contributed by atoms with Gasteiger partial charge >= 0.3 is 0 Å². The molecule has 0 spiro atoms. The summed E-state index contributed by atoms with van der Waals surface area (Å²) in [6.07, 6.45) is 6.42. The zero-order valence-electron chi connectivity index (χ0n) is 19.1. The summed E-state index contributed by atoms with van der Waals surface area (Å²) in [5.41, 5.74) is 4.49. The van der Waals surface area contributed by atoms with Crippen LogP contribution in [0.5, 0.6) is 0 Å². The van der Waals surface area contributed by atoms with Crippen molar-refractivity contribution in [2.45, 2.75) is 52.6 Å². The predicted molar refractivity (Wildman–Crippen MR) is 124 cm³/mol. The van der Waals surface area contributed by atoms with Crippen molar-refractivity contribution in [1.29, 1.82) is 0 Å². The summed E-state index contributed by atoms with van der Waals surface area (Å²) in [5.74, 6) is -2.10. The lowest BCUT2D eigenvalue weighted by Crippen LogP contribution is -2.35. The fourth-order valence-electron chi connectivity index (χ4n) is 2.92. The van der Waals surface area contributed by atoms with Crippen LogP contribution in [-0.2, 0) is 11.3 Å². The molecule has 4 nitrogen and oxygen atoms in total. The fourth-order valence-corrected chi connectivity index (χ4v) is 2.92. The van der Waals surface area contributed by atoms with Crippen molar-refractivity contribution in [2.75, 3.05) is 13.6 Å². The lowest BCUT2D eigenvalue weighted by molar-refractivity contribution is -0.117. The van der Waals surface area contributed by atoms with Crippen LogP contribution >= 0.6 is 0 Å². The van der Waals surface area contributed by atoms with E-state index in [1.165, 1.54) is 11.6 Å². The highest BCUT2D eigenvalue weighted by molar-refractivity contribution is 5.92. The molecule has 1 rings (SSSR count). The van der Waals surface area contributed by atoms with Gasteiger partial charge in [-0.15, -0.1) is 0 Å². The second kappa shape index (κ2) is 13.5. The van der Waals surface area contributed by atoms with Gasteiger partial charge in [-0.2, -0.15) is 0 Å². The van der Waals surface area contributed by atoms with Crippen molar-refractivity contribution in [3.8, 4) is 0 Å². The zero-order chi connectivity index (χ0) is 23.4. The Bertz CT molecular complexity index is 843. The van der Waals surface area contributed by atoms with Gasteiger partial charge in [-0.1, -0.05) is 30.9 Å². The molecule has 0 saturated heterocycles. The Hall–Kier alpha value is -2.73. The number of amides is 1. The molecule has 1 amide bonds. The minimum absolute atomic E-state index is 0.128. The molecule has 3 N–H and O–H groups in total. The lowest BCUT2D eigenvalue weighted by Gasteiger charge is -2.17. The Morgan fingerprint density at radius 1 is 1.19 bits per heavy atom. The maximum absolute atomic E-state index is 13.2. The monoisotopic (exact) mass is 431 g/mol. The molecule has 0 aliphatic carbocycles. The highest BCUT2D eigenvalue weighted by Crippen LogP contribution is 2.19. The smallest absolute Gasteiger partial charge is 0.248 e. The molecule has 1 aromatic carbocycles. The Kier molecular flexibility index (Phi) is 11.5. The summed E-state index contributed by atoms with van der Waals surface area (Å²) in [7, 11) is 1.92. The lowest BCUT2D eigenvalue weighted by atomic mass is 9.97. The number of nitrogens with one attached hydrogen (secondary N) is 3. The Balaban J connectivity index is 2.41. The van der Waals surface area contributed by atoms with Gasteiger partial charge < -0.3 is 16.0 Å². The molecule has 0 saturated carbocycles.